The number of hydrogen-bond acceptors (Lipinski definition) is 3. The molecule has 4 aliphatic carbocycles. The number of para-hydroxylation sites is 1. The number of hydrogen-bond donors (Lipinski definition) is 2. The van der Waals surface area contributed by atoms with Crippen molar-refractivity contribution in [3.63, 3.8) is 0 Å². The molecule has 0 atom stereocenters. The Balaban J connectivity index is 1.37. The molecule has 0 aliphatic heterocycles. The van der Waals surface area contributed by atoms with E-state index in [1.807, 2.05) is 0 Å². The van der Waals surface area contributed by atoms with E-state index in [2.05, 4.69) is 15.8 Å². The first kappa shape index (κ1) is 22.1. The Hall–Kier alpha value is -2.09. The van der Waals surface area contributed by atoms with Gasteiger partial charge in [-0.3, -0.25) is 9.59 Å². The monoisotopic (exact) mass is 455 g/mol. The summed E-state index contributed by atoms with van der Waals surface area (Å²) in [6, 6.07) is 3.31. The number of halogens is 4. The van der Waals surface area contributed by atoms with E-state index in [1.165, 1.54) is 31.4 Å². The van der Waals surface area contributed by atoms with Crippen molar-refractivity contribution in [1.29, 1.82) is 0 Å². The molecule has 168 valence electrons. The Morgan fingerprint density at radius 1 is 1.13 bits per heavy atom. The predicted molar refractivity (Wildman–Crippen MR) is 112 cm³/mol. The van der Waals surface area contributed by atoms with E-state index in [9.17, 15) is 22.8 Å². The Kier molecular flexibility index (Phi) is 5.79. The van der Waals surface area contributed by atoms with E-state index in [0.29, 0.717) is 23.5 Å². The van der Waals surface area contributed by atoms with Crippen molar-refractivity contribution < 1.29 is 22.8 Å². The average molecular weight is 456 g/mol. The summed E-state index contributed by atoms with van der Waals surface area (Å²) < 4.78 is 39.5. The number of carbonyl (C=O) groups excluding carboxylic acids is 2. The predicted octanol–water partition coefficient (Wildman–Crippen LogP) is 5.40. The van der Waals surface area contributed by atoms with Crippen molar-refractivity contribution in [3.05, 3.63) is 28.8 Å². The minimum atomic E-state index is -4.65. The summed E-state index contributed by atoms with van der Waals surface area (Å²) in [6.45, 7) is 1.55. The van der Waals surface area contributed by atoms with Crippen LogP contribution in [-0.2, 0) is 15.8 Å². The van der Waals surface area contributed by atoms with Crippen LogP contribution in [0.4, 0.5) is 18.9 Å². The van der Waals surface area contributed by atoms with Gasteiger partial charge in [0.1, 0.15) is 0 Å². The van der Waals surface area contributed by atoms with Crippen molar-refractivity contribution in [1.82, 2.24) is 5.43 Å². The quantitative estimate of drug-likeness (QED) is 0.461. The highest BCUT2D eigenvalue weighted by atomic mass is 35.5. The van der Waals surface area contributed by atoms with Crippen molar-refractivity contribution in [2.75, 3.05) is 5.32 Å². The van der Waals surface area contributed by atoms with Gasteiger partial charge >= 0.3 is 6.18 Å². The van der Waals surface area contributed by atoms with Gasteiger partial charge in [0.2, 0.25) is 11.8 Å². The number of anilines is 1. The van der Waals surface area contributed by atoms with Gasteiger partial charge in [0.15, 0.2) is 0 Å². The second-order valence-corrected chi connectivity index (χ2v) is 9.78. The summed E-state index contributed by atoms with van der Waals surface area (Å²) in [5, 5.41) is 6.08. The SMILES string of the molecule is C/C(CC(=O)Nc1c(Cl)cccc1C(F)(F)F)=N\NC(=O)C12CC3CC(CC(C3)C1)C2. The van der Waals surface area contributed by atoms with E-state index >= 15 is 0 Å². The van der Waals surface area contributed by atoms with E-state index in [-0.39, 0.29) is 22.8 Å². The molecule has 5 nitrogen and oxygen atoms in total. The first-order valence-corrected chi connectivity index (χ1v) is 10.9. The molecule has 31 heavy (non-hydrogen) atoms. The average Bonchev–Trinajstić information content (AvgIpc) is 2.65. The van der Waals surface area contributed by atoms with Crippen LogP contribution in [0, 0.1) is 23.2 Å². The van der Waals surface area contributed by atoms with E-state index < -0.39 is 23.3 Å². The van der Waals surface area contributed by atoms with Crippen molar-refractivity contribution in [3.8, 4) is 0 Å². The van der Waals surface area contributed by atoms with Gasteiger partial charge in [-0.25, -0.2) is 5.43 Å². The maximum Gasteiger partial charge on any atom is 0.418 e. The van der Waals surface area contributed by atoms with Gasteiger partial charge in [-0.05, 0) is 75.3 Å². The van der Waals surface area contributed by atoms with Crippen LogP contribution in [0.25, 0.3) is 0 Å². The standard InChI is InChI=1S/C22H25ClF3N3O2/c1-12(5-18(30)27-19-16(22(24,25)26)3-2-4-17(19)23)28-29-20(31)21-9-13-6-14(10-21)8-15(7-13)11-21/h2-4,13-15H,5-11H2,1H3,(H,27,30)(H,29,31)/b28-12+. The molecule has 0 spiro atoms. The van der Waals surface area contributed by atoms with Crippen LogP contribution in [0.5, 0.6) is 0 Å². The lowest BCUT2D eigenvalue weighted by Crippen LogP contribution is -2.52. The van der Waals surface area contributed by atoms with Crippen LogP contribution in [0.2, 0.25) is 5.02 Å². The second kappa shape index (κ2) is 8.11. The fraction of sp³-hybridized carbons (Fsp3) is 0.591. The van der Waals surface area contributed by atoms with E-state index in [0.717, 1.165) is 25.3 Å². The topological polar surface area (TPSA) is 70.6 Å². The number of rotatable bonds is 5. The second-order valence-electron chi connectivity index (χ2n) is 9.37. The smallest absolute Gasteiger partial charge is 0.324 e. The lowest BCUT2D eigenvalue weighted by atomic mass is 9.49. The molecule has 0 saturated heterocycles. The number of hydrazone groups is 1. The molecule has 2 amide bonds. The highest BCUT2D eigenvalue weighted by molar-refractivity contribution is 6.34. The van der Waals surface area contributed by atoms with Gasteiger partial charge in [0.25, 0.3) is 0 Å². The Bertz CT molecular complexity index is 894. The molecule has 0 heterocycles. The third-order valence-corrected chi connectivity index (χ3v) is 7.18. The number of nitrogens with one attached hydrogen (secondary N) is 2. The number of amides is 2. The lowest BCUT2D eigenvalue weighted by molar-refractivity contribution is -0.146. The molecule has 4 bridgehead atoms. The molecule has 2 N–H and O–H groups in total. The summed E-state index contributed by atoms with van der Waals surface area (Å²) in [7, 11) is 0. The van der Waals surface area contributed by atoms with E-state index in [1.54, 1.807) is 6.92 Å². The fourth-order valence-corrected chi connectivity index (χ4v) is 6.22. The Morgan fingerprint density at radius 3 is 2.26 bits per heavy atom. The van der Waals surface area contributed by atoms with Gasteiger partial charge in [0.05, 0.1) is 28.1 Å². The first-order valence-electron chi connectivity index (χ1n) is 10.5. The summed E-state index contributed by atoms with van der Waals surface area (Å²) in [5.74, 6) is 1.06. The van der Waals surface area contributed by atoms with Gasteiger partial charge in [-0.15, -0.1) is 0 Å². The van der Waals surface area contributed by atoms with Gasteiger partial charge in [0, 0.05) is 5.71 Å². The molecule has 9 heteroatoms. The number of carbonyl (C=O) groups is 2. The number of nitrogens with zero attached hydrogens (tertiary/aromatic N) is 1. The van der Waals surface area contributed by atoms with Crippen LogP contribution < -0.4 is 10.7 Å². The molecular weight excluding hydrogens is 431 g/mol. The van der Waals surface area contributed by atoms with Crippen LogP contribution >= 0.6 is 11.6 Å². The molecule has 5 rings (SSSR count). The highest BCUT2D eigenvalue weighted by Crippen LogP contribution is 2.60. The maximum atomic E-state index is 13.2. The fourth-order valence-electron chi connectivity index (χ4n) is 6.00. The first-order chi connectivity index (χ1) is 14.6. The largest absolute Gasteiger partial charge is 0.418 e. The third-order valence-electron chi connectivity index (χ3n) is 6.87. The normalized spacial score (nSPS) is 29.7. The zero-order valence-corrected chi connectivity index (χ0v) is 17.9. The Labute approximate surface area is 183 Å². The van der Waals surface area contributed by atoms with Crippen LogP contribution in [-0.4, -0.2) is 17.5 Å². The molecule has 1 aromatic rings. The molecule has 1 aromatic carbocycles. The third kappa shape index (κ3) is 4.59. The number of alkyl halides is 3. The van der Waals surface area contributed by atoms with Gasteiger partial charge < -0.3 is 5.32 Å². The van der Waals surface area contributed by atoms with Gasteiger partial charge in [-0.1, -0.05) is 17.7 Å². The summed E-state index contributed by atoms with van der Waals surface area (Å²) in [6.07, 6.45) is 1.43. The van der Waals surface area contributed by atoms with Crippen molar-refractivity contribution >= 4 is 34.8 Å². The molecule has 0 aromatic heterocycles. The Morgan fingerprint density at radius 2 is 1.71 bits per heavy atom. The van der Waals surface area contributed by atoms with Crippen LogP contribution in [0.1, 0.15) is 57.4 Å². The zero-order chi connectivity index (χ0) is 22.4. The molecule has 4 fully saturated rings. The molecule has 0 unspecified atom stereocenters. The highest BCUT2D eigenvalue weighted by Gasteiger charge is 2.54. The molecule has 0 radical (unpaired) electrons. The summed E-state index contributed by atoms with van der Waals surface area (Å²) >= 11 is 5.87. The molecular formula is C22H25ClF3N3O2. The molecule has 4 aliphatic rings. The zero-order valence-electron chi connectivity index (χ0n) is 17.2. The van der Waals surface area contributed by atoms with Crippen LogP contribution in [0.15, 0.2) is 23.3 Å². The number of benzene rings is 1. The minimum Gasteiger partial charge on any atom is -0.324 e. The molecule has 4 saturated carbocycles. The van der Waals surface area contributed by atoms with Crippen molar-refractivity contribution in [2.24, 2.45) is 28.3 Å². The van der Waals surface area contributed by atoms with Crippen molar-refractivity contribution in [2.45, 2.75) is 58.0 Å². The maximum absolute atomic E-state index is 13.2. The summed E-state index contributed by atoms with van der Waals surface area (Å²) in [4.78, 5) is 25.2. The van der Waals surface area contributed by atoms with E-state index in [4.69, 9.17) is 11.6 Å². The summed E-state index contributed by atoms with van der Waals surface area (Å²) in [5.41, 5.74) is 1.06. The van der Waals surface area contributed by atoms with Crippen LogP contribution in [0.3, 0.4) is 0 Å². The minimum absolute atomic E-state index is 0.100. The lowest BCUT2D eigenvalue weighted by Gasteiger charge is -2.55. The van der Waals surface area contributed by atoms with Gasteiger partial charge in [-0.2, -0.15) is 18.3 Å².